The zero-order valence-electron chi connectivity index (χ0n) is 14.4. The second-order valence-electron chi connectivity index (χ2n) is 6.24. The van der Waals surface area contributed by atoms with Crippen molar-refractivity contribution < 1.29 is 4.79 Å². The van der Waals surface area contributed by atoms with Gasteiger partial charge in [-0.25, -0.2) is 0 Å². The minimum atomic E-state index is 0.113. The number of amides is 1. The van der Waals surface area contributed by atoms with E-state index in [0.29, 0.717) is 13.1 Å². The summed E-state index contributed by atoms with van der Waals surface area (Å²) in [5.41, 5.74) is 1.82. The van der Waals surface area contributed by atoms with Crippen molar-refractivity contribution in [3.05, 3.63) is 47.5 Å². The molecule has 2 heterocycles. The van der Waals surface area contributed by atoms with Crippen molar-refractivity contribution in [2.75, 3.05) is 50.1 Å². The molecule has 1 fully saturated rings. The van der Waals surface area contributed by atoms with Crippen LogP contribution in [0.3, 0.4) is 0 Å². The van der Waals surface area contributed by atoms with E-state index in [1.165, 1.54) is 0 Å². The minimum Gasteiger partial charge on any atom is -0.361 e. The van der Waals surface area contributed by atoms with Gasteiger partial charge in [-0.1, -0.05) is 18.2 Å². The Labute approximate surface area is 142 Å². The van der Waals surface area contributed by atoms with Crippen LogP contribution in [-0.2, 0) is 0 Å². The summed E-state index contributed by atoms with van der Waals surface area (Å²) in [6.07, 6.45) is 0. The maximum atomic E-state index is 12.7. The van der Waals surface area contributed by atoms with Gasteiger partial charge in [-0.3, -0.25) is 4.79 Å². The molecule has 0 atom stereocenters. The van der Waals surface area contributed by atoms with Crippen molar-refractivity contribution >= 4 is 17.5 Å². The standard InChI is InChI=1S/C18H23N5O/c1-14-6-4-5-7-15(14)18(24)23-12-10-22(11-13-23)17-9-8-16(19-20-17)21(2)3/h4-9H,10-13H2,1-3H3. The van der Waals surface area contributed by atoms with Gasteiger partial charge in [0, 0.05) is 45.8 Å². The number of nitrogens with zero attached hydrogens (tertiary/aromatic N) is 5. The molecule has 1 aromatic heterocycles. The van der Waals surface area contributed by atoms with Crippen LogP contribution in [0.2, 0.25) is 0 Å². The third kappa shape index (κ3) is 3.32. The van der Waals surface area contributed by atoms with Crippen molar-refractivity contribution in [1.29, 1.82) is 0 Å². The van der Waals surface area contributed by atoms with Crippen LogP contribution < -0.4 is 9.80 Å². The number of carbonyl (C=O) groups is 1. The van der Waals surface area contributed by atoms with E-state index in [0.717, 1.165) is 35.9 Å². The van der Waals surface area contributed by atoms with Crippen molar-refractivity contribution in [1.82, 2.24) is 15.1 Å². The highest BCUT2D eigenvalue weighted by Gasteiger charge is 2.23. The van der Waals surface area contributed by atoms with Gasteiger partial charge in [-0.2, -0.15) is 0 Å². The highest BCUT2D eigenvalue weighted by molar-refractivity contribution is 5.95. The second-order valence-corrected chi connectivity index (χ2v) is 6.24. The largest absolute Gasteiger partial charge is 0.361 e. The van der Waals surface area contributed by atoms with Crippen LogP contribution in [0.1, 0.15) is 15.9 Å². The zero-order valence-corrected chi connectivity index (χ0v) is 14.4. The van der Waals surface area contributed by atoms with Crippen LogP contribution in [0, 0.1) is 6.92 Å². The van der Waals surface area contributed by atoms with Crippen molar-refractivity contribution in [3.8, 4) is 0 Å². The Bertz CT molecular complexity index is 706. The first-order chi connectivity index (χ1) is 11.6. The Kier molecular flexibility index (Phi) is 4.64. The molecule has 1 aromatic carbocycles. The predicted octanol–water partition coefficient (Wildman–Crippen LogP) is 1.81. The lowest BCUT2D eigenvalue weighted by Crippen LogP contribution is -2.49. The maximum Gasteiger partial charge on any atom is 0.254 e. The predicted molar refractivity (Wildman–Crippen MR) is 95.7 cm³/mol. The molecule has 0 N–H and O–H groups in total. The summed E-state index contributed by atoms with van der Waals surface area (Å²) in [5.74, 6) is 1.82. The van der Waals surface area contributed by atoms with E-state index < -0.39 is 0 Å². The van der Waals surface area contributed by atoms with Gasteiger partial charge < -0.3 is 14.7 Å². The van der Waals surface area contributed by atoms with Gasteiger partial charge in [-0.05, 0) is 30.7 Å². The zero-order chi connectivity index (χ0) is 17.1. The molecule has 0 bridgehead atoms. The normalized spacial score (nSPS) is 14.6. The van der Waals surface area contributed by atoms with Crippen LogP contribution in [-0.4, -0.2) is 61.3 Å². The Hall–Kier alpha value is -2.63. The van der Waals surface area contributed by atoms with E-state index in [1.54, 1.807) is 0 Å². The van der Waals surface area contributed by atoms with Crippen molar-refractivity contribution in [2.24, 2.45) is 0 Å². The molecule has 0 saturated carbocycles. The molecule has 2 aromatic rings. The first kappa shape index (κ1) is 16.2. The van der Waals surface area contributed by atoms with Crippen LogP contribution in [0.25, 0.3) is 0 Å². The molecule has 3 rings (SSSR count). The van der Waals surface area contributed by atoms with E-state index in [2.05, 4.69) is 15.1 Å². The fraction of sp³-hybridized carbons (Fsp3) is 0.389. The monoisotopic (exact) mass is 325 g/mol. The average molecular weight is 325 g/mol. The van der Waals surface area contributed by atoms with Crippen LogP contribution >= 0.6 is 0 Å². The lowest BCUT2D eigenvalue weighted by Gasteiger charge is -2.35. The summed E-state index contributed by atoms with van der Waals surface area (Å²) < 4.78 is 0. The SMILES string of the molecule is Cc1ccccc1C(=O)N1CCN(c2ccc(N(C)C)nn2)CC1. The van der Waals surface area contributed by atoms with E-state index in [4.69, 9.17) is 0 Å². The summed E-state index contributed by atoms with van der Waals surface area (Å²) in [4.78, 5) is 18.7. The van der Waals surface area contributed by atoms with Gasteiger partial charge in [0.05, 0.1) is 0 Å². The average Bonchev–Trinajstić information content (AvgIpc) is 2.62. The molecule has 0 unspecified atom stereocenters. The molecule has 126 valence electrons. The number of anilines is 2. The van der Waals surface area contributed by atoms with Crippen molar-refractivity contribution in [2.45, 2.75) is 6.92 Å². The van der Waals surface area contributed by atoms with E-state index in [1.807, 2.05) is 67.2 Å². The molecule has 1 aliphatic rings. The molecule has 0 aliphatic carbocycles. The van der Waals surface area contributed by atoms with Crippen LogP contribution in [0.4, 0.5) is 11.6 Å². The molecule has 1 aliphatic heterocycles. The Balaban J connectivity index is 1.63. The van der Waals surface area contributed by atoms with Crippen molar-refractivity contribution in [3.63, 3.8) is 0 Å². The number of aromatic nitrogens is 2. The highest BCUT2D eigenvalue weighted by Crippen LogP contribution is 2.17. The van der Waals surface area contributed by atoms with E-state index in [9.17, 15) is 4.79 Å². The molecular formula is C18H23N5O. The fourth-order valence-corrected chi connectivity index (χ4v) is 2.85. The molecule has 6 heteroatoms. The quantitative estimate of drug-likeness (QED) is 0.861. The number of benzene rings is 1. The molecule has 1 saturated heterocycles. The molecule has 1 amide bonds. The topological polar surface area (TPSA) is 52.6 Å². The lowest BCUT2D eigenvalue weighted by molar-refractivity contribution is 0.0746. The van der Waals surface area contributed by atoms with Gasteiger partial charge in [-0.15, -0.1) is 10.2 Å². The Morgan fingerprint density at radius 1 is 1.00 bits per heavy atom. The minimum absolute atomic E-state index is 0.113. The number of carbonyl (C=O) groups excluding carboxylic acids is 1. The van der Waals surface area contributed by atoms with Gasteiger partial charge >= 0.3 is 0 Å². The summed E-state index contributed by atoms with van der Waals surface area (Å²) in [6.45, 7) is 4.92. The second kappa shape index (κ2) is 6.86. The lowest BCUT2D eigenvalue weighted by atomic mass is 10.1. The first-order valence-corrected chi connectivity index (χ1v) is 8.17. The third-order valence-corrected chi connectivity index (χ3v) is 4.36. The smallest absolute Gasteiger partial charge is 0.254 e. The van der Waals surface area contributed by atoms with E-state index in [-0.39, 0.29) is 5.91 Å². The summed E-state index contributed by atoms with van der Waals surface area (Å²) in [6, 6.07) is 11.7. The molecule has 0 radical (unpaired) electrons. The van der Waals surface area contributed by atoms with Gasteiger partial charge in [0.15, 0.2) is 11.6 Å². The first-order valence-electron chi connectivity index (χ1n) is 8.17. The highest BCUT2D eigenvalue weighted by atomic mass is 16.2. The van der Waals surface area contributed by atoms with Gasteiger partial charge in [0.25, 0.3) is 5.91 Å². The number of rotatable bonds is 3. The van der Waals surface area contributed by atoms with Crippen LogP contribution in [0.15, 0.2) is 36.4 Å². The van der Waals surface area contributed by atoms with Gasteiger partial charge in [0.1, 0.15) is 0 Å². The summed E-state index contributed by atoms with van der Waals surface area (Å²) >= 11 is 0. The number of aryl methyl sites for hydroxylation is 1. The number of hydrogen-bond donors (Lipinski definition) is 0. The number of hydrogen-bond acceptors (Lipinski definition) is 5. The molecule has 24 heavy (non-hydrogen) atoms. The molecular weight excluding hydrogens is 302 g/mol. The Morgan fingerprint density at radius 2 is 1.71 bits per heavy atom. The third-order valence-electron chi connectivity index (χ3n) is 4.36. The van der Waals surface area contributed by atoms with Gasteiger partial charge in [0.2, 0.25) is 0 Å². The summed E-state index contributed by atoms with van der Waals surface area (Å²) in [7, 11) is 3.89. The maximum absolute atomic E-state index is 12.7. The molecule has 0 spiro atoms. The number of piperazine rings is 1. The van der Waals surface area contributed by atoms with E-state index >= 15 is 0 Å². The fourth-order valence-electron chi connectivity index (χ4n) is 2.85. The Morgan fingerprint density at radius 3 is 2.29 bits per heavy atom. The van der Waals surface area contributed by atoms with Crippen LogP contribution in [0.5, 0.6) is 0 Å². The molecule has 6 nitrogen and oxygen atoms in total. The summed E-state index contributed by atoms with van der Waals surface area (Å²) in [5, 5.41) is 8.52.